The van der Waals surface area contributed by atoms with Crippen molar-refractivity contribution >= 4 is 0 Å². The lowest BCUT2D eigenvalue weighted by Crippen LogP contribution is -2.31. The fraction of sp³-hybridized carbons (Fsp3) is 1.00. The van der Waals surface area contributed by atoms with E-state index in [0.29, 0.717) is 6.04 Å². The van der Waals surface area contributed by atoms with E-state index in [2.05, 4.69) is 31.0 Å². The van der Waals surface area contributed by atoms with Crippen molar-refractivity contribution in [3.63, 3.8) is 0 Å². The molecule has 0 aliphatic carbocycles. The standard InChI is InChI=1S/C12H26N2/c1-4-12-7-9-14(10-12)8-6-11(3)13-5-2/h11-13H,4-10H2,1-3H3. The van der Waals surface area contributed by atoms with Crippen LogP contribution in [-0.2, 0) is 0 Å². The van der Waals surface area contributed by atoms with Gasteiger partial charge in [-0.25, -0.2) is 0 Å². The van der Waals surface area contributed by atoms with E-state index in [1.165, 1.54) is 38.9 Å². The molecule has 1 rings (SSSR count). The lowest BCUT2D eigenvalue weighted by Gasteiger charge is -2.19. The summed E-state index contributed by atoms with van der Waals surface area (Å²) < 4.78 is 0. The van der Waals surface area contributed by atoms with E-state index in [4.69, 9.17) is 0 Å². The first-order valence-electron chi connectivity index (χ1n) is 6.22. The molecular weight excluding hydrogens is 172 g/mol. The van der Waals surface area contributed by atoms with Gasteiger partial charge in [0, 0.05) is 12.6 Å². The van der Waals surface area contributed by atoms with E-state index in [-0.39, 0.29) is 0 Å². The first-order valence-corrected chi connectivity index (χ1v) is 6.22. The predicted octanol–water partition coefficient (Wildman–Crippen LogP) is 2.11. The smallest absolute Gasteiger partial charge is 0.00507 e. The van der Waals surface area contributed by atoms with Gasteiger partial charge in [-0.15, -0.1) is 0 Å². The van der Waals surface area contributed by atoms with Crippen molar-refractivity contribution in [3.05, 3.63) is 0 Å². The van der Waals surface area contributed by atoms with E-state index in [1.807, 2.05) is 0 Å². The summed E-state index contributed by atoms with van der Waals surface area (Å²) in [4.78, 5) is 2.63. The minimum absolute atomic E-state index is 0.681. The normalized spacial score (nSPS) is 25.5. The van der Waals surface area contributed by atoms with Crippen LogP contribution in [0.3, 0.4) is 0 Å². The summed E-state index contributed by atoms with van der Waals surface area (Å²) in [6.07, 6.45) is 4.08. The molecule has 1 N–H and O–H groups in total. The zero-order valence-electron chi connectivity index (χ0n) is 10.1. The van der Waals surface area contributed by atoms with Gasteiger partial charge >= 0.3 is 0 Å². The average Bonchev–Trinajstić information content (AvgIpc) is 2.63. The molecule has 0 aromatic carbocycles. The van der Waals surface area contributed by atoms with Crippen LogP contribution in [0.4, 0.5) is 0 Å². The molecule has 0 aromatic rings. The number of nitrogens with one attached hydrogen (secondary N) is 1. The molecular formula is C12H26N2. The van der Waals surface area contributed by atoms with Crippen LogP contribution >= 0.6 is 0 Å². The van der Waals surface area contributed by atoms with Gasteiger partial charge in [0.1, 0.15) is 0 Å². The summed E-state index contributed by atoms with van der Waals surface area (Å²) in [5.74, 6) is 0.976. The molecule has 2 nitrogen and oxygen atoms in total. The second-order valence-corrected chi connectivity index (χ2v) is 4.61. The third-order valence-corrected chi connectivity index (χ3v) is 3.38. The molecule has 1 aliphatic rings. The highest BCUT2D eigenvalue weighted by atomic mass is 15.1. The Morgan fingerprint density at radius 3 is 2.79 bits per heavy atom. The number of hydrogen-bond donors (Lipinski definition) is 1. The van der Waals surface area contributed by atoms with Crippen LogP contribution in [0.2, 0.25) is 0 Å². The van der Waals surface area contributed by atoms with Gasteiger partial charge in [0.15, 0.2) is 0 Å². The Morgan fingerprint density at radius 2 is 2.21 bits per heavy atom. The van der Waals surface area contributed by atoms with Crippen molar-refractivity contribution in [1.82, 2.24) is 10.2 Å². The van der Waals surface area contributed by atoms with Crippen LogP contribution in [0, 0.1) is 5.92 Å². The monoisotopic (exact) mass is 198 g/mol. The lowest BCUT2D eigenvalue weighted by atomic mass is 10.1. The van der Waals surface area contributed by atoms with Crippen molar-refractivity contribution in [2.45, 2.75) is 46.1 Å². The molecule has 0 radical (unpaired) electrons. The molecule has 0 aromatic heterocycles. The van der Waals surface area contributed by atoms with Gasteiger partial charge in [-0.3, -0.25) is 0 Å². The zero-order chi connectivity index (χ0) is 10.4. The molecule has 1 saturated heterocycles. The van der Waals surface area contributed by atoms with Crippen molar-refractivity contribution in [2.24, 2.45) is 5.92 Å². The maximum atomic E-state index is 3.47. The van der Waals surface area contributed by atoms with Crippen molar-refractivity contribution < 1.29 is 0 Å². The van der Waals surface area contributed by atoms with E-state index < -0.39 is 0 Å². The van der Waals surface area contributed by atoms with Gasteiger partial charge in [-0.2, -0.15) is 0 Å². The molecule has 14 heavy (non-hydrogen) atoms. The van der Waals surface area contributed by atoms with E-state index >= 15 is 0 Å². The average molecular weight is 198 g/mol. The highest BCUT2D eigenvalue weighted by molar-refractivity contribution is 4.75. The molecule has 0 bridgehead atoms. The molecule has 2 heteroatoms. The fourth-order valence-corrected chi connectivity index (χ4v) is 2.28. The Hall–Kier alpha value is -0.0800. The summed E-state index contributed by atoms with van der Waals surface area (Å²) in [6, 6.07) is 0.681. The third-order valence-electron chi connectivity index (χ3n) is 3.38. The van der Waals surface area contributed by atoms with Crippen LogP contribution in [-0.4, -0.2) is 37.1 Å². The Balaban J connectivity index is 2.07. The van der Waals surface area contributed by atoms with Crippen molar-refractivity contribution in [3.8, 4) is 0 Å². The SMILES string of the molecule is CCNC(C)CCN1CCC(CC)C1. The van der Waals surface area contributed by atoms with Gasteiger partial charge < -0.3 is 10.2 Å². The highest BCUT2D eigenvalue weighted by Gasteiger charge is 2.20. The van der Waals surface area contributed by atoms with Crippen molar-refractivity contribution in [1.29, 1.82) is 0 Å². The second kappa shape index (κ2) is 6.41. The third kappa shape index (κ3) is 3.97. The molecule has 1 aliphatic heterocycles. The molecule has 1 fully saturated rings. The number of likely N-dealkylation sites (tertiary alicyclic amines) is 1. The maximum Gasteiger partial charge on any atom is 0.00507 e. The van der Waals surface area contributed by atoms with Crippen LogP contribution in [0.5, 0.6) is 0 Å². The molecule has 84 valence electrons. The lowest BCUT2D eigenvalue weighted by molar-refractivity contribution is 0.302. The molecule has 0 spiro atoms. The highest BCUT2D eigenvalue weighted by Crippen LogP contribution is 2.18. The van der Waals surface area contributed by atoms with Gasteiger partial charge in [-0.05, 0) is 45.3 Å². The number of rotatable bonds is 6. The predicted molar refractivity (Wildman–Crippen MR) is 62.6 cm³/mol. The van der Waals surface area contributed by atoms with Crippen LogP contribution in [0.25, 0.3) is 0 Å². The quantitative estimate of drug-likeness (QED) is 0.703. The van der Waals surface area contributed by atoms with Gasteiger partial charge in [0.2, 0.25) is 0 Å². The number of hydrogen-bond acceptors (Lipinski definition) is 2. The molecule has 0 amide bonds. The van der Waals surface area contributed by atoms with E-state index in [0.717, 1.165) is 12.5 Å². The Morgan fingerprint density at radius 1 is 1.43 bits per heavy atom. The summed E-state index contributed by atoms with van der Waals surface area (Å²) in [5.41, 5.74) is 0. The van der Waals surface area contributed by atoms with Gasteiger partial charge in [-0.1, -0.05) is 20.3 Å². The second-order valence-electron chi connectivity index (χ2n) is 4.61. The van der Waals surface area contributed by atoms with E-state index in [9.17, 15) is 0 Å². The van der Waals surface area contributed by atoms with Gasteiger partial charge in [0.25, 0.3) is 0 Å². The van der Waals surface area contributed by atoms with Gasteiger partial charge in [0.05, 0.1) is 0 Å². The Labute approximate surface area is 89.1 Å². The zero-order valence-corrected chi connectivity index (χ0v) is 10.1. The molecule has 2 unspecified atom stereocenters. The largest absolute Gasteiger partial charge is 0.314 e. The molecule has 2 atom stereocenters. The summed E-state index contributed by atoms with van der Waals surface area (Å²) in [5, 5.41) is 3.47. The Kier molecular flexibility index (Phi) is 5.49. The number of nitrogens with zero attached hydrogens (tertiary/aromatic N) is 1. The fourth-order valence-electron chi connectivity index (χ4n) is 2.28. The first-order chi connectivity index (χ1) is 6.76. The minimum atomic E-state index is 0.681. The molecule has 1 heterocycles. The summed E-state index contributed by atoms with van der Waals surface area (Å²) in [7, 11) is 0. The maximum absolute atomic E-state index is 3.47. The Bertz CT molecular complexity index is 147. The minimum Gasteiger partial charge on any atom is -0.314 e. The topological polar surface area (TPSA) is 15.3 Å². The van der Waals surface area contributed by atoms with Crippen LogP contribution in [0.15, 0.2) is 0 Å². The molecule has 0 saturated carbocycles. The van der Waals surface area contributed by atoms with Crippen LogP contribution < -0.4 is 5.32 Å². The van der Waals surface area contributed by atoms with E-state index in [1.54, 1.807) is 0 Å². The van der Waals surface area contributed by atoms with Crippen molar-refractivity contribution in [2.75, 3.05) is 26.2 Å². The summed E-state index contributed by atoms with van der Waals surface area (Å²) >= 11 is 0. The first kappa shape index (κ1) is 12.0. The van der Waals surface area contributed by atoms with Crippen LogP contribution in [0.1, 0.15) is 40.0 Å². The summed E-state index contributed by atoms with van der Waals surface area (Å²) in [6.45, 7) is 11.8.